The van der Waals surface area contributed by atoms with Crippen molar-refractivity contribution in [1.29, 1.82) is 0 Å². The molecule has 0 unspecified atom stereocenters. The highest BCUT2D eigenvalue weighted by molar-refractivity contribution is 6.33. The van der Waals surface area contributed by atoms with Crippen molar-refractivity contribution in [2.24, 2.45) is 5.92 Å². The zero-order valence-electron chi connectivity index (χ0n) is 12.8. The minimum absolute atomic E-state index is 0.265. The molecule has 3 rings (SSSR count). The molecule has 1 aromatic carbocycles. The lowest BCUT2D eigenvalue weighted by Crippen LogP contribution is -2.33. The number of fused-ring (bicyclic) bond motifs is 1. The third-order valence-corrected chi connectivity index (χ3v) is 4.66. The maximum Gasteiger partial charge on any atom is 0.155 e. The average molecular weight is 319 g/mol. The number of carbonyl (C=O) groups is 1. The number of ether oxygens (including phenoxy) is 1. The van der Waals surface area contributed by atoms with E-state index in [0.717, 1.165) is 54.6 Å². The van der Waals surface area contributed by atoms with E-state index in [1.165, 1.54) is 0 Å². The smallest absolute Gasteiger partial charge is 0.155 e. The number of carbonyl (C=O) groups excluding carboxylic acids is 1. The van der Waals surface area contributed by atoms with Gasteiger partial charge in [-0.15, -0.1) is 0 Å². The molecule has 2 aromatic rings. The Hall–Kier alpha value is -1.81. The number of halogens is 1. The highest BCUT2D eigenvalue weighted by atomic mass is 35.5. The lowest BCUT2D eigenvalue weighted by molar-refractivity contribution is 0.112. The number of piperidine rings is 1. The van der Waals surface area contributed by atoms with Gasteiger partial charge in [0.2, 0.25) is 0 Å². The van der Waals surface area contributed by atoms with E-state index >= 15 is 0 Å². The van der Waals surface area contributed by atoms with Crippen LogP contribution in [0.3, 0.4) is 0 Å². The molecule has 1 fully saturated rings. The third-order valence-electron chi connectivity index (χ3n) is 4.37. The molecular formula is C17H19ClN2O2. The lowest BCUT2D eigenvalue weighted by atomic mass is 9.97. The van der Waals surface area contributed by atoms with Crippen LogP contribution in [-0.4, -0.2) is 31.5 Å². The van der Waals surface area contributed by atoms with Crippen LogP contribution in [0.1, 0.15) is 30.1 Å². The van der Waals surface area contributed by atoms with Gasteiger partial charge in [0.25, 0.3) is 0 Å². The number of aromatic nitrogens is 1. The average Bonchev–Trinajstić information content (AvgIpc) is 2.54. The van der Waals surface area contributed by atoms with Crippen LogP contribution in [0.5, 0.6) is 5.75 Å². The predicted octanol–water partition coefficient (Wildman–Crippen LogP) is 3.95. The number of hydrogen-bond acceptors (Lipinski definition) is 4. The van der Waals surface area contributed by atoms with Crippen molar-refractivity contribution < 1.29 is 9.53 Å². The van der Waals surface area contributed by atoms with E-state index < -0.39 is 0 Å². The van der Waals surface area contributed by atoms with Gasteiger partial charge in [0.1, 0.15) is 10.9 Å². The largest absolute Gasteiger partial charge is 0.497 e. The van der Waals surface area contributed by atoms with Crippen LogP contribution >= 0.6 is 11.6 Å². The Labute approximate surface area is 135 Å². The van der Waals surface area contributed by atoms with E-state index in [0.29, 0.717) is 11.5 Å². The van der Waals surface area contributed by atoms with E-state index in [-0.39, 0.29) is 5.15 Å². The molecule has 1 saturated heterocycles. The fraction of sp³-hybridized carbons (Fsp3) is 0.412. The molecule has 1 aliphatic heterocycles. The molecule has 1 aromatic heterocycles. The fourth-order valence-electron chi connectivity index (χ4n) is 3.02. The summed E-state index contributed by atoms with van der Waals surface area (Å²) in [7, 11) is 1.63. The minimum atomic E-state index is 0.265. The molecule has 0 amide bonds. The Morgan fingerprint density at radius 1 is 1.36 bits per heavy atom. The highest BCUT2D eigenvalue weighted by Crippen LogP contribution is 2.36. The number of benzene rings is 1. The highest BCUT2D eigenvalue weighted by Gasteiger charge is 2.23. The molecule has 0 radical (unpaired) electrons. The number of rotatable bonds is 3. The maximum atomic E-state index is 11.6. The van der Waals surface area contributed by atoms with E-state index in [4.69, 9.17) is 16.3 Å². The second-order valence-electron chi connectivity index (χ2n) is 5.84. The Bertz CT molecular complexity index is 709. The molecule has 22 heavy (non-hydrogen) atoms. The maximum absolute atomic E-state index is 11.6. The van der Waals surface area contributed by atoms with Crippen LogP contribution in [-0.2, 0) is 0 Å². The fourth-order valence-corrected chi connectivity index (χ4v) is 3.24. The first-order valence-corrected chi connectivity index (χ1v) is 7.89. The first-order valence-electron chi connectivity index (χ1n) is 7.51. The number of pyridine rings is 1. The van der Waals surface area contributed by atoms with Crippen molar-refractivity contribution >= 4 is 34.5 Å². The molecule has 4 nitrogen and oxygen atoms in total. The van der Waals surface area contributed by atoms with Crippen LogP contribution in [0.2, 0.25) is 5.15 Å². The van der Waals surface area contributed by atoms with Gasteiger partial charge in [0.05, 0.1) is 23.9 Å². The molecule has 0 spiro atoms. The molecule has 0 bridgehead atoms. The van der Waals surface area contributed by atoms with Crippen LogP contribution in [0.15, 0.2) is 18.2 Å². The van der Waals surface area contributed by atoms with Gasteiger partial charge < -0.3 is 9.64 Å². The molecule has 5 heteroatoms. The SMILES string of the molecule is COc1ccc2nc(Cl)c(C=O)c(N3CCC(C)CC3)c2c1. The number of methoxy groups -OCH3 is 1. The van der Waals surface area contributed by atoms with Gasteiger partial charge in [-0.25, -0.2) is 4.98 Å². The topological polar surface area (TPSA) is 42.4 Å². The van der Waals surface area contributed by atoms with Gasteiger partial charge in [0, 0.05) is 18.5 Å². The zero-order valence-corrected chi connectivity index (χ0v) is 13.6. The number of anilines is 1. The summed E-state index contributed by atoms with van der Waals surface area (Å²) in [6.45, 7) is 4.11. The number of aldehydes is 1. The summed E-state index contributed by atoms with van der Waals surface area (Å²) in [5.74, 6) is 1.47. The summed E-state index contributed by atoms with van der Waals surface area (Å²) in [6.07, 6.45) is 3.04. The van der Waals surface area contributed by atoms with Gasteiger partial charge in [-0.1, -0.05) is 18.5 Å². The summed E-state index contributed by atoms with van der Waals surface area (Å²) in [4.78, 5) is 18.2. The first kappa shape index (κ1) is 15.1. The predicted molar refractivity (Wildman–Crippen MR) is 89.3 cm³/mol. The summed E-state index contributed by atoms with van der Waals surface area (Å²) in [5.41, 5.74) is 2.14. The quantitative estimate of drug-likeness (QED) is 0.635. The van der Waals surface area contributed by atoms with Crippen LogP contribution in [0, 0.1) is 5.92 Å². The molecule has 0 aliphatic carbocycles. The van der Waals surface area contributed by atoms with Crippen LogP contribution in [0.4, 0.5) is 5.69 Å². The Morgan fingerprint density at radius 2 is 2.09 bits per heavy atom. The van der Waals surface area contributed by atoms with Crippen molar-refractivity contribution in [2.45, 2.75) is 19.8 Å². The molecule has 116 valence electrons. The van der Waals surface area contributed by atoms with Crippen LogP contribution < -0.4 is 9.64 Å². The Morgan fingerprint density at radius 3 is 2.73 bits per heavy atom. The molecule has 0 saturated carbocycles. The monoisotopic (exact) mass is 318 g/mol. The molecule has 0 atom stereocenters. The summed E-state index contributed by atoms with van der Waals surface area (Å²) >= 11 is 6.23. The number of nitrogens with zero attached hydrogens (tertiary/aromatic N) is 2. The van der Waals surface area contributed by atoms with Crippen LogP contribution in [0.25, 0.3) is 10.9 Å². The van der Waals surface area contributed by atoms with E-state index in [1.54, 1.807) is 7.11 Å². The first-order chi connectivity index (χ1) is 10.6. The lowest BCUT2D eigenvalue weighted by Gasteiger charge is -2.33. The van der Waals surface area contributed by atoms with E-state index in [1.807, 2.05) is 18.2 Å². The normalized spacial score (nSPS) is 16.0. The Balaban J connectivity index is 2.21. The van der Waals surface area contributed by atoms with Gasteiger partial charge >= 0.3 is 0 Å². The van der Waals surface area contributed by atoms with Crippen molar-refractivity contribution in [3.8, 4) is 5.75 Å². The second-order valence-corrected chi connectivity index (χ2v) is 6.19. The molecular weight excluding hydrogens is 300 g/mol. The van der Waals surface area contributed by atoms with Crippen molar-refractivity contribution in [2.75, 3.05) is 25.1 Å². The van der Waals surface area contributed by atoms with Gasteiger partial charge in [-0.3, -0.25) is 4.79 Å². The molecule has 2 heterocycles. The standard InChI is InChI=1S/C17H19ClN2O2/c1-11-5-7-20(8-6-11)16-13-9-12(22-2)3-4-15(13)19-17(18)14(16)10-21/h3-4,9-11H,5-8H2,1-2H3. The van der Waals surface area contributed by atoms with Crippen molar-refractivity contribution in [3.63, 3.8) is 0 Å². The van der Waals surface area contributed by atoms with Crippen molar-refractivity contribution in [3.05, 3.63) is 28.9 Å². The second kappa shape index (κ2) is 6.13. The van der Waals surface area contributed by atoms with Gasteiger partial charge in [0.15, 0.2) is 6.29 Å². The van der Waals surface area contributed by atoms with Gasteiger partial charge in [-0.2, -0.15) is 0 Å². The van der Waals surface area contributed by atoms with Gasteiger partial charge in [-0.05, 0) is 37.0 Å². The molecule has 0 N–H and O–H groups in total. The number of hydrogen-bond donors (Lipinski definition) is 0. The molecule has 1 aliphatic rings. The summed E-state index contributed by atoms with van der Waals surface area (Å²) in [6, 6.07) is 5.66. The minimum Gasteiger partial charge on any atom is -0.497 e. The summed E-state index contributed by atoms with van der Waals surface area (Å²) in [5, 5.41) is 1.18. The van der Waals surface area contributed by atoms with E-state index in [2.05, 4.69) is 16.8 Å². The summed E-state index contributed by atoms with van der Waals surface area (Å²) < 4.78 is 5.32. The Kier molecular flexibility index (Phi) is 4.21. The zero-order chi connectivity index (χ0) is 15.7. The van der Waals surface area contributed by atoms with E-state index in [9.17, 15) is 4.79 Å². The third kappa shape index (κ3) is 2.63. The van der Waals surface area contributed by atoms with Crippen molar-refractivity contribution in [1.82, 2.24) is 4.98 Å².